The van der Waals surface area contributed by atoms with Crippen molar-refractivity contribution in [3.63, 3.8) is 0 Å². The third kappa shape index (κ3) is 4.16. The van der Waals surface area contributed by atoms with E-state index in [9.17, 15) is 9.59 Å². The van der Waals surface area contributed by atoms with Gasteiger partial charge in [0, 0.05) is 42.2 Å². The number of nitrogens with zero attached hydrogens (tertiary/aromatic N) is 2. The van der Waals surface area contributed by atoms with Crippen LogP contribution in [0, 0.1) is 26.7 Å². The van der Waals surface area contributed by atoms with Gasteiger partial charge in [-0.05, 0) is 100 Å². The average molecular weight is 559 g/mol. The van der Waals surface area contributed by atoms with Crippen molar-refractivity contribution in [2.24, 2.45) is 5.92 Å². The number of fused-ring (bicyclic) bond motifs is 2. The van der Waals surface area contributed by atoms with Gasteiger partial charge < -0.3 is 24.3 Å². The molecule has 1 aliphatic carbocycles. The Hall–Kier alpha value is -2.32. The average Bonchev–Trinajstić information content (AvgIpc) is 3.20. The zero-order valence-corrected chi connectivity index (χ0v) is 23.7. The van der Waals surface area contributed by atoms with E-state index < -0.39 is 5.79 Å². The summed E-state index contributed by atoms with van der Waals surface area (Å²) >= 11 is 3.76. The highest BCUT2D eigenvalue weighted by atomic mass is 79.9. The Kier molecular flexibility index (Phi) is 6.48. The number of carbonyl (C=O) groups is 1. The Morgan fingerprint density at radius 3 is 2.42 bits per heavy atom. The molecule has 3 heterocycles. The molecule has 0 radical (unpaired) electrons. The summed E-state index contributed by atoms with van der Waals surface area (Å²) in [7, 11) is 4.29. The molecule has 0 spiro atoms. The molecule has 8 heteroatoms. The highest BCUT2D eigenvalue weighted by Gasteiger charge is 2.48. The second kappa shape index (κ2) is 9.21. The number of benzene rings is 1. The van der Waals surface area contributed by atoms with Gasteiger partial charge in [0.05, 0.1) is 16.6 Å². The standard InChI is InChI=1S/C28H36BrN3O4/c1-15-13-16(2)30-26(33)21(15)14-32-12-11-20-22(27(32)34)17(3)24-25(23(20)29)36-28(4,35-24)18-7-9-19(10-8-18)31(5)6/h13,18-19H,7-12,14H2,1-6H3,(H,30,33)/t18?,19?,28-/m1/s1. The quantitative estimate of drug-likeness (QED) is 0.580. The van der Waals surface area contributed by atoms with Crippen molar-refractivity contribution in [3.05, 3.63) is 54.4 Å². The van der Waals surface area contributed by atoms with Gasteiger partial charge in [-0.3, -0.25) is 9.59 Å². The van der Waals surface area contributed by atoms with E-state index in [1.54, 1.807) is 4.90 Å². The molecule has 5 rings (SSSR count). The van der Waals surface area contributed by atoms with Crippen LogP contribution in [0.2, 0.25) is 0 Å². The molecule has 2 aliphatic heterocycles. The minimum atomic E-state index is -0.744. The van der Waals surface area contributed by atoms with Crippen LogP contribution in [0.3, 0.4) is 0 Å². The molecule has 1 aromatic carbocycles. The minimum Gasteiger partial charge on any atom is -0.448 e. The number of ether oxygens (including phenoxy) is 2. The fraction of sp³-hybridized carbons (Fsp3) is 0.571. The van der Waals surface area contributed by atoms with Gasteiger partial charge in [0.1, 0.15) is 0 Å². The molecule has 36 heavy (non-hydrogen) atoms. The lowest BCUT2D eigenvalue weighted by atomic mass is 9.81. The Morgan fingerprint density at radius 1 is 1.11 bits per heavy atom. The first-order valence-electron chi connectivity index (χ1n) is 12.9. The zero-order chi connectivity index (χ0) is 25.9. The van der Waals surface area contributed by atoms with Gasteiger partial charge in [-0.2, -0.15) is 0 Å². The number of H-pyrrole nitrogens is 1. The lowest BCUT2D eigenvalue weighted by Crippen LogP contribution is -2.46. The van der Waals surface area contributed by atoms with Gasteiger partial charge in [-0.25, -0.2) is 0 Å². The molecule has 0 saturated heterocycles. The number of aromatic nitrogens is 1. The van der Waals surface area contributed by atoms with E-state index in [1.807, 2.05) is 33.8 Å². The molecule has 0 bridgehead atoms. The first-order chi connectivity index (χ1) is 17.0. The number of pyridine rings is 1. The molecule has 1 aromatic heterocycles. The topological polar surface area (TPSA) is 74.9 Å². The maximum absolute atomic E-state index is 13.7. The van der Waals surface area contributed by atoms with E-state index in [1.165, 1.54) is 0 Å². The summed E-state index contributed by atoms with van der Waals surface area (Å²) in [5.41, 5.74) is 4.67. The van der Waals surface area contributed by atoms with E-state index in [4.69, 9.17) is 9.47 Å². The van der Waals surface area contributed by atoms with E-state index in [2.05, 4.69) is 39.9 Å². The number of hydrogen-bond acceptors (Lipinski definition) is 5. The van der Waals surface area contributed by atoms with Crippen molar-refractivity contribution in [2.45, 2.75) is 78.2 Å². The van der Waals surface area contributed by atoms with Gasteiger partial charge in [-0.1, -0.05) is 0 Å². The Bertz CT molecular complexity index is 1280. The first kappa shape index (κ1) is 25.3. The van der Waals surface area contributed by atoms with Crippen molar-refractivity contribution in [1.29, 1.82) is 0 Å². The molecule has 1 N–H and O–H groups in total. The van der Waals surface area contributed by atoms with Gasteiger partial charge >= 0.3 is 0 Å². The fourth-order valence-corrected chi connectivity index (χ4v) is 6.89. The van der Waals surface area contributed by atoms with Crippen molar-refractivity contribution < 1.29 is 14.3 Å². The fourth-order valence-electron chi connectivity index (χ4n) is 6.23. The largest absolute Gasteiger partial charge is 0.448 e. The van der Waals surface area contributed by atoms with Gasteiger partial charge in [0.25, 0.3) is 17.3 Å². The maximum Gasteiger partial charge on any atom is 0.254 e. The zero-order valence-electron chi connectivity index (χ0n) is 22.1. The molecule has 1 amide bonds. The number of nitrogens with one attached hydrogen (secondary N) is 1. The van der Waals surface area contributed by atoms with E-state index in [-0.39, 0.29) is 23.9 Å². The number of carbonyl (C=O) groups excluding carboxylic acids is 1. The first-order valence-corrected chi connectivity index (χ1v) is 13.7. The van der Waals surface area contributed by atoms with Crippen molar-refractivity contribution in [1.82, 2.24) is 14.8 Å². The van der Waals surface area contributed by atoms with Crippen molar-refractivity contribution in [2.75, 3.05) is 20.6 Å². The summed E-state index contributed by atoms with van der Waals surface area (Å²) in [6.07, 6.45) is 5.02. The maximum atomic E-state index is 13.7. The molecule has 2 aromatic rings. The summed E-state index contributed by atoms with van der Waals surface area (Å²) in [5.74, 6) is 0.854. The molecule has 1 saturated carbocycles. The monoisotopic (exact) mass is 557 g/mol. The van der Waals surface area contributed by atoms with Crippen LogP contribution in [0.1, 0.15) is 70.9 Å². The molecule has 0 unspecified atom stereocenters. The van der Waals surface area contributed by atoms with Crippen LogP contribution < -0.4 is 15.0 Å². The lowest BCUT2D eigenvalue weighted by molar-refractivity contribution is -0.123. The van der Waals surface area contributed by atoms with Gasteiger partial charge in [0.15, 0.2) is 11.5 Å². The minimum absolute atomic E-state index is 0.0691. The van der Waals surface area contributed by atoms with Crippen LogP contribution in [0.15, 0.2) is 15.3 Å². The number of aryl methyl sites for hydroxylation is 2. The lowest BCUT2D eigenvalue weighted by Gasteiger charge is -2.39. The van der Waals surface area contributed by atoms with E-state index in [0.29, 0.717) is 35.9 Å². The highest BCUT2D eigenvalue weighted by molar-refractivity contribution is 9.10. The Labute approximate surface area is 221 Å². The van der Waals surface area contributed by atoms with E-state index in [0.717, 1.165) is 58.3 Å². The Balaban J connectivity index is 1.43. The molecule has 1 fully saturated rings. The third-order valence-electron chi connectivity index (χ3n) is 8.44. The normalized spacial score (nSPS) is 25.4. The summed E-state index contributed by atoms with van der Waals surface area (Å²) in [6, 6.07) is 2.55. The number of aromatic amines is 1. The molecular formula is C28H36BrN3O4. The van der Waals surface area contributed by atoms with Crippen molar-refractivity contribution in [3.8, 4) is 11.5 Å². The molecule has 7 nitrogen and oxygen atoms in total. The summed E-state index contributed by atoms with van der Waals surface area (Å²) in [6.45, 7) is 8.62. The van der Waals surface area contributed by atoms with Gasteiger partial charge in [0.2, 0.25) is 0 Å². The predicted octanol–water partition coefficient (Wildman–Crippen LogP) is 4.87. The number of rotatable bonds is 4. The number of amides is 1. The van der Waals surface area contributed by atoms with Crippen LogP contribution in [-0.2, 0) is 13.0 Å². The second-order valence-electron chi connectivity index (χ2n) is 11.1. The second-order valence-corrected chi connectivity index (χ2v) is 11.9. The number of halogens is 1. The van der Waals surface area contributed by atoms with Gasteiger partial charge in [-0.15, -0.1) is 0 Å². The van der Waals surface area contributed by atoms with E-state index >= 15 is 0 Å². The third-order valence-corrected chi connectivity index (χ3v) is 9.28. The summed E-state index contributed by atoms with van der Waals surface area (Å²) in [4.78, 5) is 33.3. The predicted molar refractivity (Wildman–Crippen MR) is 143 cm³/mol. The molecule has 1 atom stereocenters. The van der Waals surface area contributed by atoms with Crippen LogP contribution in [-0.4, -0.2) is 53.2 Å². The van der Waals surface area contributed by atoms with Crippen LogP contribution in [0.4, 0.5) is 0 Å². The number of hydrogen-bond donors (Lipinski definition) is 1. The van der Waals surface area contributed by atoms with Crippen LogP contribution in [0.25, 0.3) is 0 Å². The molecular weight excluding hydrogens is 522 g/mol. The molecule has 3 aliphatic rings. The van der Waals surface area contributed by atoms with Crippen LogP contribution >= 0.6 is 15.9 Å². The summed E-state index contributed by atoms with van der Waals surface area (Å²) in [5, 5.41) is 0. The summed E-state index contributed by atoms with van der Waals surface area (Å²) < 4.78 is 13.9. The van der Waals surface area contributed by atoms with Crippen molar-refractivity contribution >= 4 is 21.8 Å². The van der Waals surface area contributed by atoms with Crippen LogP contribution in [0.5, 0.6) is 11.5 Å². The Morgan fingerprint density at radius 2 is 1.78 bits per heavy atom. The SMILES string of the molecule is Cc1cc(C)c(CN2CCc3c(Br)c4c(c(C)c3C2=O)O[C@@](C)(C2CCC(N(C)C)CC2)O4)c(=O)[nH]1. The molecule has 194 valence electrons. The highest BCUT2D eigenvalue weighted by Crippen LogP contribution is 2.54. The smallest absolute Gasteiger partial charge is 0.254 e.